The van der Waals surface area contributed by atoms with Crippen molar-refractivity contribution in [2.75, 3.05) is 11.6 Å². The molecule has 3 rings (SSSR count). The Kier molecular flexibility index (Phi) is 5.55. The number of anilines is 1. The maximum Gasteiger partial charge on any atom is 0.258 e. The van der Waals surface area contributed by atoms with Crippen LogP contribution in [0.3, 0.4) is 0 Å². The minimum atomic E-state index is -3.06. The van der Waals surface area contributed by atoms with Crippen molar-refractivity contribution >= 4 is 15.7 Å². The Hall–Kier alpha value is -2.74. The van der Waals surface area contributed by atoms with E-state index >= 15 is 0 Å². The summed E-state index contributed by atoms with van der Waals surface area (Å²) >= 11 is 0. The fourth-order valence-electron chi connectivity index (χ4n) is 2.57. The number of hydrogen-bond acceptors (Lipinski definition) is 7. The van der Waals surface area contributed by atoms with Gasteiger partial charge in [-0.3, -0.25) is 0 Å². The molecule has 0 aliphatic rings. The summed E-state index contributed by atoms with van der Waals surface area (Å²) in [6.07, 6.45) is 2.91. The van der Waals surface area contributed by atoms with Gasteiger partial charge in [0.15, 0.2) is 15.7 Å². The molecule has 7 nitrogen and oxygen atoms in total. The molecule has 0 amide bonds. The summed E-state index contributed by atoms with van der Waals surface area (Å²) in [5, 5.41) is 7.22. The first kappa shape index (κ1) is 19.0. The molecule has 1 N–H and O–H groups in total. The Balaban J connectivity index is 1.71. The number of rotatable bonds is 7. The summed E-state index contributed by atoms with van der Waals surface area (Å²) in [6, 6.07) is 11.1. The van der Waals surface area contributed by atoms with Crippen LogP contribution in [0.1, 0.15) is 36.7 Å². The molecular formula is C19H22N4O3S. The van der Waals surface area contributed by atoms with Crippen LogP contribution in [-0.4, -0.2) is 29.8 Å². The van der Waals surface area contributed by atoms with E-state index in [1.807, 2.05) is 50.2 Å². The van der Waals surface area contributed by atoms with E-state index in [2.05, 4.69) is 20.4 Å². The van der Waals surface area contributed by atoms with Gasteiger partial charge in [0.1, 0.15) is 5.82 Å². The summed E-state index contributed by atoms with van der Waals surface area (Å²) in [5.41, 5.74) is 2.53. The highest BCUT2D eigenvalue weighted by molar-refractivity contribution is 7.89. The number of aromatic nitrogens is 3. The zero-order valence-corrected chi connectivity index (χ0v) is 16.3. The van der Waals surface area contributed by atoms with Gasteiger partial charge in [0.05, 0.1) is 5.75 Å². The Labute approximate surface area is 158 Å². The molecule has 0 aliphatic carbocycles. The second-order valence-electron chi connectivity index (χ2n) is 6.79. The van der Waals surface area contributed by atoms with E-state index in [1.54, 1.807) is 6.20 Å². The third-order valence-electron chi connectivity index (χ3n) is 3.86. The van der Waals surface area contributed by atoms with E-state index in [0.717, 1.165) is 16.7 Å². The molecule has 3 aromatic rings. The molecule has 0 unspecified atom stereocenters. The minimum absolute atomic E-state index is 0.0317. The zero-order valence-electron chi connectivity index (χ0n) is 15.5. The smallest absolute Gasteiger partial charge is 0.258 e. The SMILES string of the molecule is CC(C)c1noc(-c2ccnc(NCc3cccc(CS(C)(=O)=O)c3)c2)n1. The molecule has 27 heavy (non-hydrogen) atoms. The van der Waals surface area contributed by atoms with Crippen molar-refractivity contribution in [3.8, 4) is 11.5 Å². The van der Waals surface area contributed by atoms with E-state index in [1.165, 1.54) is 6.26 Å². The van der Waals surface area contributed by atoms with Crippen molar-refractivity contribution in [1.82, 2.24) is 15.1 Å². The monoisotopic (exact) mass is 386 g/mol. The second kappa shape index (κ2) is 7.87. The molecule has 0 aliphatic heterocycles. The van der Waals surface area contributed by atoms with Gasteiger partial charge < -0.3 is 9.84 Å². The molecule has 0 fully saturated rings. The van der Waals surface area contributed by atoms with Crippen LogP contribution < -0.4 is 5.32 Å². The molecule has 0 saturated heterocycles. The maximum absolute atomic E-state index is 11.5. The summed E-state index contributed by atoms with van der Waals surface area (Å²) in [7, 11) is -3.06. The quantitative estimate of drug-likeness (QED) is 0.664. The van der Waals surface area contributed by atoms with Gasteiger partial charge in [0, 0.05) is 30.5 Å². The van der Waals surface area contributed by atoms with E-state index < -0.39 is 9.84 Å². The van der Waals surface area contributed by atoms with Crippen LogP contribution in [0.25, 0.3) is 11.5 Å². The van der Waals surface area contributed by atoms with E-state index in [-0.39, 0.29) is 11.7 Å². The predicted octanol–water partition coefficient (Wildman–Crippen LogP) is 3.41. The molecule has 0 radical (unpaired) electrons. The van der Waals surface area contributed by atoms with Crippen LogP contribution in [0.5, 0.6) is 0 Å². The molecule has 0 spiro atoms. The topological polar surface area (TPSA) is 98.0 Å². The van der Waals surface area contributed by atoms with Crippen molar-refractivity contribution < 1.29 is 12.9 Å². The molecule has 0 saturated carbocycles. The lowest BCUT2D eigenvalue weighted by atomic mass is 10.1. The maximum atomic E-state index is 11.5. The highest BCUT2D eigenvalue weighted by atomic mass is 32.2. The lowest BCUT2D eigenvalue weighted by Gasteiger charge is -2.08. The average molecular weight is 386 g/mol. The first-order chi connectivity index (χ1) is 12.8. The van der Waals surface area contributed by atoms with Crippen molar-refractivity contribution in [2.24, 2.45) is 0 Å². The van der Waals surface area contributed by atoms with Crippen molar-refractivity contribution in [3.63, 3.8) is 0 Å². The lowest BCUT2D eigenvalue weighted by molar-refractivity contribution is 0.419. The average Bonchev–Trinajstić information content (AvgIpc) is 3.10. The van der Waals surface area contributed by atoms with Gasteiger partial charge in [-0.1, -0.05) is 43.3 Å². The Morgan fingerprint density at radius 1 is 1.15 bits per heavy atom. The molecule has 2 aromatic heterocycles. The number of hydrogen-bond donors (Lipinski definition) is 1. The Bertz CT molecular complexity index is 1030. The van der Waals surface area contributed by atoms with E-state index in [4.69, 9.17) is 4.52 Å². The molecule has 0 atom stereocenters. The standard InChI is InChI=1S/C19H22N4O3S/c1-13(2)18-22-19(26-23-18)16-7-8-20-17(10-16)21-11-14-5-4-6-15(9-14)12-27(3,24)25/h4-10,13H,11-12H2,1-3H3,(H,20,21). The van der Waals surface area contributed by atoms with Gasteiger partial charge in [-0.15, -0.1) is 0 Å². The highest BCUT2D eigenvalue weighted by Gasteiger charge is 2.12. The Morgan fingerprint density at radius 3 is 2.63 bits per heavy atom. The minimum Gasteiger partial charge on any atom is -0.366 e. The van der Waals surface area contributed by atoms with Gasteiger partial charge in [0.2, 0.25) is 0 Å². The number of nitrogens with one attached hydrogen (secondary N) is 1. The van der Waals surface area contributed by atoms with Gasteiger partial charge in [-0.2, -0.15) is 4.98 Å². The van der Waals surface area contributed by atoms with Gasteiger partial charge >= 0.3 is 0 Å². The van der Waals surface area contributed by atoms with Gasteiger partial charge in [0.25, 0.3) is 5.89 Å². The number of benzene rings is 1. The fourth-order valence-corrected chi connectivity index (χ4v) is 3.36. The van der Waals surface area contributed by atoms with E-state index in [9.17, 15) is 8.42 Å². The highest BCUT2D eigenvalue weighted by Crippen LogP contribution is 2.22. The summed E-state index contributed by atoms with van der Waals surface area (Å²) in [5.74, 6) is 2.02. The first-order valence-corrected chi connectivity index (χ1v) is 10.7. The largest absolute Gasteiger partial charge is 0.366 e. The predicted molar refractivity (Wildman–Crippen MR) is 104 cm³/mol. The van der Waals surface area contributed by atoms with Crippen LogP contribution in [0, 0.1) is 0 Å². The van der Waals surface area contributed by atoms with Crippen LogP contribution in [0.4, 0.5) is 5.82 Å². The Morgan fingerprint density at radius 2 is 1.93 bits per heavy atom. The second-order valence-corrected chi connectivity index (χ2v) is 8.93. The van der Waals surface area contributed by atoms with Crippen LogP contribution in [0.15, 0.2) is 47.1 Å². The summed E-state index contributed by atoms with van der Waals surface area (Å²) < 4.78 is 28.2. The van der Waals surface area contributed by atoms with Crippen LogP contribution in [0.2, 0.25) is 0 Å². The van der Waals surface area contributed by atoms with Crippen LogP contribution in [-0.2, 0) is 22.1 Å². The van der Waals surface area contributed by atoms with Crippen molar-refractivity contribution in [3.05, 3.63) is 59.5 Å². The van der Waals surface area contributed by atoms with Gasteiger partial charge in [-0.05, 0) is 23.3 Å². The first-order valence-electron chi connectivity index (χ1n) is 8.59. The van der Waals surface area contributed by atoms with Gasteiger partial charge in [-0.25, -0.2) is 13.4 Å². The van der Waals surface area contributed by atoms with Crippen LogP contribution >= 0.6 is 0 Å². The molecular weight excluding hydrogens is 364 g/mol. The third-order valence-corrected chi connectivity index (χ3v) is 4.72. The lowest BCUT2D eigenvalue weighted by Crippen LogP contribution is -2.04. The fraction of sp³-hybridized carbons (Fsp3) is 0.316. The molecule has 1 aromatic carbocycles. The van der Waals surface area contributed by atoms with Crippen molar-refractivity contribution in [1.29, 1.82) is 0 Å². The summed E-state index contributed by atoms with van der Waals surface area (Å²) in [6.45, 7) is 4.53. The summed E-state index contributed by atoms with van der Waals surface area (Å²) in [4.78, 5) is 8.70. The third kappa shape index (κ3) is 5.37. The number of pyridine rings is 1. The molecule has 2 heterocycles. The van der Waals surface area contributed by atoms with E-state index in [0.29, 0.717) is 24.1 Å². The normalized spacial score (nSPS) is 11.7. The molecule has 0 bridgehead atoms. The zero-order chi connectivity index (χ0) is 19.4. The molecule has 8 heteroatoms. The van der Waals surface area contributed by atoms with Crippen molar-refractivity contribution in [2.45, 2.75) is 32.1 Å². The number of sulfone groups is 1. The number of nitrogens with zero attached hydrogens (tertiary/aromatic N) is 3. The molecule has 142 valence electrons.